The first-order valence-electron chi connectivity index (χ1n) is 6.57. The summed E-state index contributed by atoms with van der Waals surface area (Å²) in [6, 6.07) is 9.86. The fraction of sp³-hybridized carbons (Fsp3) is 0.333. The van der Waals surface area contributed by atoms with E-state index in [2.05, 4.69) is 23.4 Å². The van der Waals surface area contributed by atoms with Gasteiger partial charge in [-0.15, -0.1) is 0 Å². The van der Waals surface area contributed by atoms with Crippen molar-refractivity contribution in [2.75, 3.05) is 5.32 Å². The van der Waals surface area contributed by atoms with Gasteiger partial charge in [-0.3, -0.25) is 9.48 Å². The zero-order valence-electron chi connectivity index (χ0n) is 11.3. The predicted octanol–water partition coefficient (Wildman–Crippen LogP) is 3.04. The van der Waals surface area contributed by atoms with Crippen LogP contribution in [0.1, 0.15) is 31.9 Å². The van der Waals surface area contributed by atoms with Crippen LogP contribution in [0.5, 0.6) is 0 Å². The molecule has 1 N–H and O–H groups in total. The number of hydrogen-bond acceptors (Lipinski definition) is 2. The van der Waals surface area contributed by atoms with Crippen LogP contribution in [0.4, 0.5) is 5.69 Å². The normalized spacial score (nSPS) is 12.1. The molecule has 1 atom stereocenters. The van der Waals surface area contributed by atoms with E-state index in [1.807, 2.05) is 37.4 Å². The smallest absolute Gasteiger partial charge is 0.226 e. The molecule has 19 heavy (non-hydrogen) atoms. The third-order valence-electron chi connectivity index (χ3n) is 3.08. The average molecular weight is 257 g/mol. The van der Waals surface area contributed by atoms with Crippen LogP contribution in [0.25, 0.3) is 0 Å². The molecule has 1 amide bonds. The molecule has 1 aromatic heterocycles. The van der Waals surface area contributed by atoms with Gasteiger partial charge >= 0.3 is 0 Å². The molecular formula is C15H19N3O. The number of hydrogen-bond donors (Lipinski definition) is 1. The van der Waals surface area contributed by atoms with Crippen molar-refractivity contribution in [2.24, 2.45) is 0 Å². The first kappa shape index (κ1) is 13.3. The number of aryl methyl sites for hydroxylation is 1. The van der Waals surface area contributed by atoms with E-state index in [-0.39, 0.29) is 11.9 Å². The van der Waals surface area contributed by atoms with Gasteiger partial charge in [-0.25, -0.2) is 0 Å². The molecule has 0 saturated carbocycles. The Bertz CT molecular complexity index is 534. The number of nitrogens with zero attached hydrogens (tertiary/aromatic N) is 2. The maximum Gasteiger partial charge on any atom is 0.226 e. The Balaban J connectivity index is 1.93. The SMILES string of the molecule is CCc1cccc(NC(=O)C[C@H](C)n2cccn2)c1. The van der Waals surface area contributed by atoms with Crippen molar-refractivity contribution in [1.29, 1.82) is 0 Å². The van der Waals surface area contributed by atoms with Crippen molar-refractivity contribution >= 4 is 11.6 Å². The summed E-state index contributed by atoms with van der Waals surface area (Å²) in [5, 5.41) is 7.07. The van der Waals surface area contributed by atoms with Gasteiger partial charge in [0.2, 0.25) is 5.91 Å². The number of aromatic nitrogens is 2. The number of nitrogens with one attached hydrogen (secondary N) is 1. The van der Waals surface area contributed by atoms with Gasteiger partial charge in [-0.1, -0.05) is 19.1 Å². The second-order valence-electron chi connectivity index (χ2n) is 4.64. The fourth-order valence-electron chi connectivity index (χ4n) is 1.98. The first-order chi connectivity index (χ1) is 9.19. The van der Waals surface area contributed by atoms with Crippen LogP contribution in [0.15, 0.2) is 42.7 Å². The molecule has 0 saturated heterocycles. The van der Waals surface area contributed by atoms with Crippen molar-refractivity contribution < 1.29 is 4.79 Å². The second kappa shape index (κ2) is 6.18. The van der Waals surface area contributed by atoms with Crippen LogP contribution in [0.2, 0.25) is 0 Å². The maximum atomic E-state index is 12.0. The summed E-state index contributed by atoms with van der Waals surface area (Å²) >= 11 is 0. The van der Waals surface area contributed by atoms with Gasteiger partial charge < -0.3 is 5.32 Å². The number of carbonyl (C=O) groups excluding carboxylic acids is 1. The Labute approximate surface area is 113 Å². The third kappa shape index (κ3) is 3.68. The third-order valence-corrected chi connectivity index (χ3v) is 3.08. The summed E-state index contributed by atoms with van der Waals surface area (Å²) < 4.78 is 1.79. The van der Waals surface area contributed by atoms with Crippen LogP contribution in [0.3, 0.4) is 0 Å². The lowest BCUT2D eigenvalue weighted by atomic mass is 10.1. The summed E-state index contributed by atoms with van der Waals surface area (Å²) in [7, 11) is 0. The molecule has 0 fully saturated rings. The van der Waals surface area contributed by atoms with E-state index in [4.69, 9.17) is 0 Å². The number of anilines is 1. The Morgan fingerprint density at radius 3 is 2.95 bits per heavy atom. The average Bonchev–Trinajstić information content (AvgIpc) is 2.92. The van der Waals surface area contributed by atoms with Crippen LogP contribution < -0.4 is 5.32 Å². The highest BCUT2D eigenvalue weighted by Gasteiger charge is 2.11. The van der Waals surface area contributed by atoms with E-state index in [1.165, 1.54) is 5.56 Å². The minimum Gasteiger partial charge on any atom is -0.326 e. The minimum absolute atomic E-state index is 0.0104. The van der Waals surface area contributed by atoms with Crippen molar-refractivity contribution in [1.82, 2.24) is 9.78 Å². The van der Waals surface area contributed by atoms with Gasteiger partial charge in [0.15, 0.2) is 0 Å². The quantitative estimate of drug-likeness (QED) is 0.895. The van der Waals surface area contributed by atoms with Crippen LogP contribution in [0, 0.1) is 0 Å². The molecule has 0 aliphatic carbocycles. The standard InChI is InChI=1S/C15H19N3O/c1-3-13-6-4-7-14(11-13)17-15(19)10-12(2)18-9-5-8-16-18/h4-9,11-12H,3,10H2,1-2H3,(H,17,19)/t12-/m0/s1. The van der Waals surface area contributed by atoms with Gasteiger partial charge in [0.05, 0.1) is 6.04 Å². The van der Waals surface area contributed by atoms with Gasteiger partial charge in [0.25, 0.3) is 0 Å². The lowest BCUT2D eigenvalue weighted by Gasteiger charge is -2.12. The number of rotatable bonds is 5. The van der Waals surface area contributed by atoms with Crippen molar-refractivity contribution in [2.45, 2.75) is 32.7 Å². The molecular weight excluding hydrogens is 238 g/mol. The summed E-state index contributed by atoms with van der Waals surface area (Å²) in [4.78, 5) is 12.0. The summed E-state index contributed by atoms with van der Waals surface area (Å²) in [6.07, 6.45) is 4.97. The molecule has 4 nitrogen and oxygen atoms in total. The molecule has 1 heterocycles. The largest absolute Gasteiger partial charge is 0.326 e. The number of carbonyl (C=O) groups is 1. The monoisotopic (exact) mass is 257 g/mol. The molecule has 0 radical (unpaired) electrons. The molecule has 4 heteroatoms. The topological polar surface area (TPSA) is 46.9 Å². The summed E-state index contributed by atoms with van der Waals surface area (Å²) in [5.74, 6) is 0.0104. The van der Waals surface area contributed by atoms with Gasteiger partial charge in [-0.2, -0.15) is 5.10 Å². The second-order valence-corrected chi connectivity index (χ2v) is 4.64. The molecule has 0 unspecified atom stereocenters. The molecule has 0 spiro atoms. The van der Waals surface area contributed by atoms with E-state index in [0.717, 1.165) is 12.1 Å². The van der Waals surface area contributed by atoms with Crippen LogP contribution in [-0.2, 0) is 11.2 Å². The Kier molecular flexibility index (Phi) is 4.34. The first-order valence-corrected chi connectivity index (χ1v) is 6.57. The van der Waals surface area contributed by atoms with Crippen LogP contribution in [-0.4, -0.2) is 15.7 Å². The molecule has 0 aliphatic heterocycles. The number of amides is 1. The maximum absolute atomic E-state index is 12.0. The summed E-state index contributed by atoms with van der Waals surface area (Å²) in [5.41, 5.74) is 2.08. The molecule has 0 aliphatic rings. The molecule has 0 bridgehead atoms. The minimum atomic E-state index is 0.0104. The lowest BCUT2D eigenvalue weighted by Crippen LogP contribution is -2.17. The van der Waals surface area contributed by atoms with E-state index in [0.29, 0.717) is 6.42 Å². The Morgan fingerprint density at radius 2 is 2.26 bits per heavy atom. The van der Waals surface area contributed by atoms with E-state index >= 15 is 0 Å². The van der Waals surface area contributed by atoms with E-state index < -0.39 is 0 Å². The van der Waals surface area contributed by atoms with Gasteiger partial charge in [0.1, 0.15) is 0 Å². The zero-order chi connectivity index (χ0) is 13.7. The van der Waals surface area contributed by atoms with Gasteiger partial charge in [0, 0.05) is 24.5 Å². The predicted molar refractivity (Wildman–Crippen MR) is 76.0 cm³/mol. The van der Waals surface area contributed by atoms with Crippen molar-refractivity contribution in [3.8, 4) is 0 Å². The van der Waals surface area contributed by atoms with E-state index in [1.54, 1.807) is 10.9 Å². The molecule has 1 aromatic carbocycles. The highest BCUT2D eigenvalue weighted by atomic mass is 16.1. The fourth-order valence-corrected chi connectivity index (χ4v) is 1.98. The summed E-state index contributed by atoms with van der Waals surface area (Å²) in [6.45, 7) is 4.08. The lowest BCUT2D eigenvalue weighted by molar-refractivity contribution is -0.116. The molecule has 100 valence electrons. The van der Waals surface area contributed by atoms with Crippen molar-refractivity contribution in [3.05, 3.63) is 48.3 Å². The Hall–Kier alpha value is -2.10. The highest BCUT2D eigenvalue weighted by Crippen LogP contribution is 2.14. The molecule has 2 rings (SSSR count). The zero-order valence-corrected chi connectivity index (χ0v) is 11.3. The van der Waals surface area contributed by atoms with Crippen LogP contribution >= 0.6 is 0 Å². The van der Waals surface area contributed by atoms with E-state index in [9.17, 15) is 4.79 Å². The Morgan fingerprint density at radius 1 is 1.42 bits per heavy atom. The van der Waals surface area contributed by atoms with Gasteiger partial charge in [-0.05, 0) is 37.1 Å². The molecule has 2 aromatic rings. The number of benzene rings is 1. The highest BCUT2D eigenvalue weighted by molar-refractivity contribution is 5.91. The van der Waals surface area contributed by atoms with Crippen molar-refractivity contribution in [3.63, 3.8) is 0 Å².